The molecule has 5 aromatic carbocycles. The minimum Gasteiger partial charge on any atom is -0.355 e. The second-order valence-electron chi connectivity index (χ2n) is 13.5. The third-order valence-electron chi connectivity index (χ3n) is 9.81. The monoisotopic (exact) mass is 821 g/mol. The molecule has 1 aliphatic heterocycles. The number of benzene rings is 5. The van der Waals surface area contributed by atoms with Crippen LogP contribution < -0.4 is 20.2 Å². The van der Waals surface area contributed by atoms with Crippen LogP contribution >= 0.6 is 0 Å². The van der Waals surface area contributed by atoms with Gasteiger partial charge in [0.05, 0.1) is 26.1 Å². The van der Waals surface area contributed by atoms with Gasteiger partial charge in [0.15, 0.2) is 0 Å². The first-order chi connectivity index (χ1) is 22.8. The fourth-order valence-electron chi connectivity index (χ4n) is 7.18. The second kappa shape index (κ2) is 12.5. The van der Waals surface area contributed by atoms with Crippen molar-refractivity contribution in [2.75, 3.05) is 23.5 Å². The number of para-hydroxylation sites is 3. The Hall–Kier alpha value is -4.44. The molecule has 0 N–H and O–H groups in total. The molecular weight excluding hydrogens is 784 g/mol. The molecule has 0 radical (unpaired) electrons. The van der Waals surface area contributed by atoms with Crippen LogP contribution in [-0.2, 0) is 21.1 Å². The topological polar surface area (TPSA) is 24.3 Å². The molecule has 48 heavy (non-hydrogen) atoms. The van der Waals surface area contributed by atoms with E-state index >= 15 is 0 Å². The summed E-state index contributed by atoms with van der Waals surface area (Å²) in [5.74, 6) is 1.33. The van der Waals surface area contributed by atoms with Gasteiger partial charge in [-0.3, -0.25) is 0 Å². The van der Waals surface area contributed by atoms with Crippen molar-refractivity contribution < 1.29 is 21.1 Å². The fraction of sp³-hybridized carbons (Fsp3) is 0.167. The molecule has 0 amide bonds. The van der Waals surface area contributed by atoms with Crippen LogP contribution in [0.5, 0.6) is 0 Å². The van der Waals surface area contributed by atoms with Gasteiger partial charge in [0.1, 0.15) is 5.82 Å². The van der Waals surface area contributed by atoms with Gasteiger partial charge in [0, 0.05) is 18.8 Å². The van der Waals surface area contributed by atoms with E-state index in [0.29, 0.717) is 5.92 Å². The summed E-state index contributed by atoms with van der Waals surface area (Å²) in [4.78, 5) is 9.61. The summed E-state index contributed by atoms with van der Waals surface area (Å²) < 4.78 is 2.30. The van der Waals surface area contributed by atoms with Crippen molar-refractivity contribution in [1.29, 1.82) is 0 Å². The molecule has 0 aliphatic carbocycles. The van der Waals surface area contributed by atoms with Crippen molar-refractivity contribution in [1.82, 2.24) is 9.55 Å². The maximum atomic E-state index is 4.95. The molecule has 240 valence electrons. The van der Waals surface area contributed by atoms with E-state index < -0.39 is 8.07 Å². The van der Waals surface area contributed by atoms with Gasteiger partial charge in [-0.2, -0.15) is 46.8 Å². The summed E-state index contributed by atoms with van der Waals surface area (Å²) >= 11 is 0. The molecule has 3 heterocycles. The number of anilines is 3. The first kappa shape index (κ1) is 32.1. The van der Waals surface area contributed by atoms with E-state index in [1.807, 2.05) is 6.20 Å². The fourth-order valence-corrected chi connectivity index (χ4v) is 9.35. The molecule has 0 saturated carbocycles. The third kappa shape index (κ3) is 5.30. The Morgan fingerprint density at radius 1 is 0.729 bits per heavy atom. The largest absolute Gasteiger partial charge is 2.00 e. The van der Waals surface area contributed by atoms with Gasteiger partial charge < -0.3 is 14.4 Å². The van der Waals surface area contributed by atoms with E-state index in [4.69, 9.17) is 4.98 Å². The molecular formula is C42H38N4PtSi. The summed E-state index contributed by atoms with van der Waals surface area (Å²) in [5.41, 5.74) is 9.57. The average molecular weight is 822 g/mol. The molecule has 0 bridgehead atoms. The summed E-state index contributed by atoms with van der Waals surface area (Å²) in [5, 5.41) is 4.93. The summed E-state index contributed by atoms with van der Waals surface area (Å²) in [7, 11) is -0.0542. The van der Waals surface area contributed by atoms with Crippen molar-refractivity contribution >= 4 is 57.3 Å². The van der Waals surface area contributed by atoms with Gasteiger partial charge in [-0.15, -0.1) is 11.5 Å². The van der Waals surface area contributed by atoms with Crippen LogP contribution in [0, 0.1) is 12.1 Å². The first-order valence-electron chi connectivity index (χ1n) is 16.4. The standard InChI is InChI=1S/C42H38N4Si.Pt/c1-29(2)34-15-6-7-16-35(34)30-23-24-43-42(25-30)46-38-18-9-8-17-36(38)37-22-21-33(27-41(37)46)47(4,5)32-14-12-13-31(26-32)45-28-44(3)39-19-10-11-20-40(39)45;/h6-25,29H,28H2,1-5H3;/q-2;+2. The van der Waals surface area contributed by atoms with Crippen molar-refractivity contribution in [3.05, 3.63) is 139 Å². The molecule has 6 heteroatoms. The molecule has 7 aromatic rings. The Kier molecular flexibility index (Phi) is 8.39. The Balaban J connectivity index is 0.00000364. The van der Waals surface area contributed by atoms with E-state index in [9.17, 15) is 0 Å². The van der Waals surface area contributed by atoms with Gasteiger partial charge >= 0.3 is 21.1 Å². The number of aromatic nitrogens is 2. The number of nitrogens with zero attached hydrogens (tertiary/aromatic N) is 4. The molecule has 2 aromatic heterocycles. The zero-order valence-electron chi connectivity index (χ0n) is 27.9. The third-order valence-corrected chi connectivity index (χ3v) is 13.1. The van der Waals surface area contributed by atoms with Crippen LogP contribution in [0.15, 0.2) is 121 Å². The van der Waals surface area contributed by atoms with Crippen molar-refractivity contribution in [3.63, 3.8) is 0 Å². The Labute approximate surface area is 298 Å². The smallest absolute Gasteiger partial charge is 0.355 e. The molecule has 8 rings (SSSR count). The number of rotatable bonds is 6. The molecule has 1 aliphatic rings. The van der Waals surface area contributed by atoms with E-state index in [1.165, 1.54) is 49.2 Å². The first-order valence-corrected chi connectivity index (χ1v) is 19.4. The summed E-state index contributed by atoms with van der Waals surface area (Å²) in [6.45, 7) is 10.2. The number of pyridine rings is 1. The van der Waals surface area contributed by atoms with Crippen LogP contribution in [0.25, 0.3) is 38.8 Å². The van der Waals surface area contributed by atoms with E-state index in [-0.39, 0.29) is 21.1 Å². The number of fused-ring (bicyclic) bond motifs is 4. The molecule has 0 fully saturated rings. The Bertz CT molecular complexity index is 2290. The molecule has 4 nitrogen and oxygen atoms in total. The predicted molar refractivity (Wildman–Crippen MR) is 201 cm³/mol. The van der Waals surface area contributed by atoms with E-state index in [0.717, 1.165) is 29.2 Å². The quantitative estimate of drug-likeness (QED) is 0.124. The Morgan fingerprint density at radius 2 is 1.46 bits per heavy atom. The van der Waals surface area contributed by atoms with Crippen LogP contribution in [-0.4, -0.2) is 31.3 Å². The minimum absolute atomic E-state index is 0. The molecule has 0 atom stereocenters. The van der Waals surface area contributed by atoms with Gasteiger partial charge in [0.25, 0.3) is 0 Å². The van der Waals surface area contributed by atoms with Crippen molar-refractivity contribution in [2.24, 2.45) is 0 Å². The molecule has 0 saturated heterocycles. The molecule has 0 unspecified atom stereocenters. The summed E-state index contributed by atoms with van der Waals surface area (Å²) in [6.07, 6.45) is 1.94. The van der Waals surface area contributed by atoms with Gasteiger partial charge in [-0.25, -0.2) is 4.98 Å². The van der Waals surface area contributed by atoms with Crippen LogP contribution in [0.4, 0.5) is 17.1 Å². The van der Waals surface area contributed by atoms with Gasteiger partial charge in [0.2, 0.25) is 0 Å². The summed E-state index contributed by atoms with van der Waals surface area (Å²) in [6, 6.07) is 49.4. The van der Waals surface area contributed by atoms with Crippen LogP contribution in [0.1, 0.15) is 25.3 Å². The molecule has 0 spiro atoms. The van der Waals surface area contributed by atoms with Crippen molar-refractivity contribution in [2.45, 2.75) is 32.9 Å². The zero-order chi connectivity index (χ0) is 32.3. The van der Waals surface area contributed by atoms with Crippen LogP contribution in [0.3, 0.4) is 0 Å². The van der Waals surface area contributed by atoms with Gasteiger partial charge in [-0.1, -0.05) is 92.7 Å². The van der Waals surface area contributed by atoms with Gasteiger partial charge in [-0.05, 0) is 58.3 Å². The average Bonchev–Trinajstić information content (AvgIpc) is 3.62. The van der Waals surface area contributed by atoms with Crippen LogP contribution in [0.2, 0.25) is 13.1 Å². The number of hydrogen-bond acceptors (Lipinski definition) is 3. The van der Waals surface area contributed by atoms with E-state index in [1.54, 1.807) is 0 Å². The van der Waals surface area contributed by atoms with E-state index in [2.05, 4.69) is 176 Å². The SMILES string of the molecule is CC(C)c1ccccc1-c1ccnc(-n2c3[c-]c([Si](C)(C)c4[c-]c(N5CN(C)c6ccccc65)ccc4)ccc3c3ccccc32)c1.[Pt+2]. The number of hydrogen-bond donors (Lipinski definition) is 0. The van der Waals surface area contributed by atoms with Crippen molar-refractivity contribution in [3.8, 4) is 16.9 Å². The Morgan fingerprint density at radius 3 is 2.29 bits per heavy atom. The maximum Gasteiger partial charge on any atom is 2.00 e. The normalized spacial score (nSPS) is 13.0. The zero-order valence-corrected chi connectivity index (χ0v) is 31.2. The minimum atomic E-state index is -2.21. The maximum absolute atomic E-state index is 4.95. The second-order valence-corrected chi connectivity index (χ2v) is 17.8. The predicted octanol–water partition coefficient (Wildman–Crippen LogP) is 8.93.